The van der Waals surface area contributed by atoms with Crippen molar-refractivity contribution >= 4 is 22.6 Å². The highest BCUT2D eigenvalue weighted by Gasteiger charge is 2.10. The Hall–Kier alpha value is -0.160. The molecule has 0 bridgehead atoms. The summed E-state index contributed by atoms with van der Waals surface area (Å²) in [5.74, 6) is 0.463. The maximum atomic E-state index is 5.96. The summed E-state index contributed by atoms with van der Waals surface area (Å²) < 4.78 is 1.14. The third-order valence-corrected chi connectivity index (χ3v) is 2.42. The number of rotatable bonds is 2. The van der Waals surface area contributed by atoms with E-state index < -0.39 is 0 Å². The monoisotopic (exact) mass is 276 g/mol. The van der Waals surface area contributed by atoms with Gasteiger partial charge in [-0.15, -0.1) is 0 Å². The average Bonchev–Trinajstić information content (AvgIpc) is 2.03. The summed E-state index contributed by atoms with van der Waals surface area (Å²) >= 11 is 2.24. The van der Waals surface area contributed by atoms with E-state index in [0.717, 1.165) is 9.13 Å². The van der Waals surface area contributed by atoms with E-state index in [1.807, 2.05) is 12.4 Å². The Bertz CT molecular complexity index is 260. The minimum Gasteiger partial charge on any atom is -0.324 e. The molecule has 1 aromatic heterocycles. The molecule has 1 heterocycles. The van der Waals surface area contributed by atoms with Crippen LogP contribution in [0.1, 0.15) is 25.5 Å². The van der Waals surface area contributed by atoms with E-state index in [1.165, 1.54) is 0 Å². The van der Waals surface area contributed by atoms with E-state index in [2.05, 4.69) is 47.5 Å². The molecule has 1 atom stereocenters. The Morgan fingerprint density at radius 2 is 2.08 bits per heavy atom. The molecular weight excluding hydrogens is 263 g/mol. The van der Waals surface area contributed by atoms with Gasteiger partial charge in [0.2, 0.25) is 0 Å². The van der Waals surface area contributed by atoms with Crippen LogP contribution in [0.2, 0.25) is 0 Å². The second-order valence-electron chi connectivity index (χ2n) is 3.21. The van der Waals surface area contributed by atoms with Crippen LogP contribution in [0.3, 0.4) is 0 Å². The highest BCUT2D eigenvalue weighted by molar-refractivity contribution is 14.1. The average molecular weight is 276 g/mol. The number of halogens is 1. The highest BCUT2D eigenvalue weighted by Crippen LogP contribution is 2.18. The van der Waals surface area contributed by atoms with Crippen LogP contribution in [0.4, 0.5) is 0 Å². The predicted octanol–water partition coefficient (Wildman–Crippen LogP) is 2.34. The van der Waals surface area contributed by atoms with Gasteiger partial charge < -0.3 is 5.73 Å². The summed E-state index contributed by atoms with van der Waals surface area (Å²) in [4.78, 5) is 4.10. The number of nitrogens with two attached hydrogens (primary N) is 1. The lowest BCUT2D eigenvalue weighted by Gasteiger charge is -2.15. The van der Waals surface area contributed by atoms with Gasteiger partial charge in [-0.25, -0.2) is 0 Å². The van der Waals surface area contributed by atoms with E-state index >= 15 is 0 Å². The summed E-state index contributed by atoms with van der Waals surface area (Å²) in [6, 6.07) is 2.19. The standard InChI is InChI=1S/C9H13IN2/c1-6(2)9(11)7-3-8(10)5-12-4-7/h3-6,9H,11H2,1-2H3/t9-/m0/s1. The van der Waals surface area contributed by atoms with Gasteiger partial charge >= 0.3 is 0 Å². The molecule has 66 valence electrons. The van der Waals surface area contributed by atoms with Crippen LogP contribution in [0.5, 0.6) is 0 Å². The van der Waals surface area contributed by atoms with Crippen molar-refractivity contribution in [1.82, 2.24) is 4.98 Å². The maximum absolute atomic E-state index is 5.96. The molecule has 2 nitrogen and oxygen atoms in total. The van der Waals surface area contributed by atoms with Gasteiger partial charge in [-0.1, -0.05) is 13.8 Å². The lowest BCUT2D eigenvalue weighted by atomic mass is 9.99. The Labute approximate surface area is 86.7 Å². The van der Waals surface area contributed by atoms with Crippen molar-refractivity contribution in [2.75, 3.05) is 0 Å². The van der Waals surface area contributed by atoms with Crippen LogP contribution in [0.25, 0.3) is 0 Å². The van der Waals surface area contributed by atoms with E-state index in [0.29, 0.717) is 5.92 Å². The van der Waals surface area contributed by atoms with Gasteiger partial charge in [0.15, 0.2) is 0 Å². The van der Waals surface area contributed by atoms with Crippen LogP contribution in [-0.2, 0) is 0 Å². The number of hydrogen-bond donors (Lipinski definition) is 1. The van der Waals surface area contributed by atoms with Crippen molar-refractivity contribution in [1.29, 1.82) is 0 Å². The molecule has 0 fully saturated rings. The first kappa shape index (κ1) is 9.92. The quantitative estimate of drug-likeness (QED) is 0.842. The minimum atomic E-state index is 0.104. The largest absolute Gasteiger partial charge is 0.324 e. The highest BCUT2D eigenvalue weighted by atomic mass is 127. The summed E-state index contributed by atoms with van der Waals surface area (Å²) in [6.07, 6.45) is 3.67. The zero-order chi connectivity index (χ0) is 9.14. The van der Waals surface area contributed by atoms with Crippen LogP contribution >= 0.6 is 22.6 Å². The molecule has 0 spiro atoms. The first-order valence-corrected chi connectivity index (χ1v) is 5.05. The molecule has 1 rings (SSSR count). The Kier molecular flexibility index (Phi) is 3.46. The summed E-state index contributed by atoms with van der Waals surface area (Å²) in [7, 11) is 0. The van der Waals surface area contributed by atoms with Gasteiger partial charge in [0.05, 0.1) is 0 Å². The molecule has 0 aromatic carbocycles. The molecule has 0 unspecified atom stereocenters. The Morgan fingerprint density at radius 1 is 1.42 bits per heavy atom. The normalized spacial score (nSPS) is 13.4. The second kappa shape index (κ2) is 4.18. The first-order valence-electron chi connectivity index (χ1n) is 3.97. The fourth-order valence-electron chi connectivity index (χ4n) is 0.995. The van der Waals surface area contributed by atoms with Gasteiger partial charge in [-0.05, 0) is 40.1 Å². The van der Waals surface area contributed by atoms with Crippen molar-refractivity contribution in [2.45, 2.75) is 19.9 Å². The van der Waals surface area contributed by atoms with E-state index in [9.17, 15) is 0 Å². The molecule has 0 aliphatic rings. The topological polar surface area (TPSA) is 38.9 Å². The molecular formula is C9H13IN2. The molecule has 0 saturated heterocycles. The molecule has 0 amide bonds. The molecule has 2 N–H and O–H groups in total. The molecule has 0 aliphatic heterocycles. The molecule has 0 radical (unpaired) electrons. The first-order chi connectivity index (χ1) is 5.61. The van der Waals surface area contributed by atoms with Crippen molar-refractivity contribution in [3.63, 3.8) is 0 Å². The van der Waals surface area contributed by atoms with Crippen LogP contribution in [-0.4, -0.2) is 4.98 Å². The lowest BCUT2D eigenvalue weighted by molar-refractivity contribution is 0.512. The number of pyridine rings is 1. The summed E-state index contributed by atoms with van der Waals surface area (Å²) in [6.45, 7) is 4.23. The smallest absolute Gasteiger partial charge is 0.0401 e. The maximum Gasteiger partial charge on any atom is 0.0401 e. The Morgan fingerprint density at radius 3 is 2.58 bits per heavy atom. The minimum absolute atomic E-state index is 0.104. The van der Waals surface area contributed by atoms with Crippen molar-refractivity contribution < 1.29 is 0 Å². The zero-order valence-corrected chi connectivity index (χ0v) is 9.45. The molecule has 0 saturated carbocycles. The van der Waals surface area contributed by atoms with Gasteiger partial charge in [0.1, 0.15) is 0 Å². The van der Waals surface area contributed by atoms with Crippen molar-refractivity contribution in [3.8, 4) is 0 Å². The summed E-state index contributed by atoms with van der Waals surface area (Å²) in [5.41, 5.74) is 7.09. The molecule has 12 heavy (non-hydrogen) atoms. The number of hydrogen-bond acceptors (Lipinski definition) is 2. The lowest BCUT2D eigenvalue weighted by Crippen LogP contribution is -2.16. The second-order valence-corrected chi connectivity index (χ2v) is 4.45. The van der Waals surface area contributed by atoms with Crippen molar-refractivity contribution in [2.24, 2.45) is 11.7 Å². The number of nitrogens with zero attached hydrogens (tertiary/aromatic N) is 1. The van der Waals surface area contributed by atoms with Crippen molar-refractivity contribution in [3.05, 3.63) is 27.6 Å². The SMILES string of the molecule is CC(C)[C@H](N)c1cncc(I)c1. The van der Waals surface area contributed by atoms with Gasteiger partial charge in [0, 0.05) is 22.0 Å². The van der Waals surface area contributed by atoms with Gasteiger partial charge in [-0.3, -0.25) is 4.98 Å². The van der Waals surface area contributed by atoms with E-state index in [-0.39, 0.29) is 6.04 Å². The van der Waals surface area contributed by atoms with Crippen LogP contribution in [0, 0.1) is 9.49 Å². The third kappa shape index (κ3) is 2.42. The van der Waals surface area contributed by atoms with Crippen LogP contribution in [0.15, 0.2) is 18.5 Å². The van der Waals surface area contributed by atoms with E-state index in [1.54, 1.807) is 0 Å². The fourth-order valence-corrected chi connectivity index (χ4v) is 1.52. The fraction of sp³-hybridized carbons (Fsp3) is 0.444. The van der Waals surface area contributed by atoms with E-state index in [4.69, 9.17) is 5.73 Å². The van der Waals surface area contributed by atoms with Gasteiger partial charge in [-0.2, -0.15) is 0 Å². The van der Waals surface area contributed by atoms with Gasteiger partial charge in [0.25, 0.3) is 0 Å². The molecule has 0 aliphatic carbocycles. The Balaban J connectivity index is 2.88. The third-order valence-electron chi connectivity index (χ3n) is 1.83. The van der Waals surface area contributed by atoms with Crippen LogP contribution < -0.4 is 5.73 Å². The number of aromatic nitrogens is 1. The molecule has 3 heteroatoms. The predicted molar refractivity (Wildman–Crippen MR) is 58.7 cm³/mol. The zero-order valence-electron chi connectivity index (χ0n) is 7.29. The summed E-state index contributed by atoms with van der Waals surface area (Å²) in [5, 5.41) is 0. The molecule has 1 aromatic rings.